The molecule has 4 aliphatic heterocycles. The van der Waals surface area contributed by atoms with E-state index in [1.807, 2.05) is 80.3 Å². The van der Waals surface area contributed by atoms with Crippen LogP contribution in [0.5, 0.6) is 0 Å². The normalized spacial score (nSPS) is 31.5. The molecule has 4 heterocycles. The van der Waals surface area contributed by atoms with E-state index in [0.717, 1.165) is 31.2 Å². The summed E-state index contributed by atoms with van der Waals surface area (Å²) in [5, 5.41) is 9.17. The molecule has 2 fully saturated rings. The van der Waals surface area contributed by atoms with Gasteiger partial charge in [-0.05, 0) is 38.7 Å². The summed E-state index contributed by atoms with van der Waals surface area (Å²) in [5.41, 5.74) is -1.15. The number of nitrogens with zero attached hydrogens (tertiary/aromatic N) is 3. The number of aliphatic hydroxyl groups is 1. The van der Waals surface area contributed by atoms with Gasteiger partial charge in [0.15, 0.2) is 0 Å². The Bertz CT molecular complexity index is 1170. The first-order chi connectivity index (χ1) is 19.3. The van der Waals surface area contributed by atoms with Gasteiger partial charge in [-0.15, -0.1) is 0 Å². The second kappa shape index (κ2) is 11.5. The molecule has 8 heteroatoms. The third-order valence-corrected chi connectivity index (χ3v) is 9.20. The SMILES string of the molecule is CC[C@]12C=CCN(Cc3ccccc3)C(=O)[C@H]1[C@H]1C(=O)N(CCCCCCO)C3C(=O)N(C(C)C)CC=C[C@@]31O2. The number of rotatable bonds is 10. The lowest BCUT2D eigenvalue weighted by Crippen LogP contribution is -2.57. The number of hydrogen-bond acceptors (Lipinski definition) is 5. The van der Waals surface area contributed by atoms with Gasteiger partial charge in [-0.1, -0.05) is 74.4 Å². The molecule has 216 valence electrons. The van der Waals surface area contributed by atoms with Gasteiger partial charge in [-0.3, -0.25) is 14.4 Å². The smallest absolute Gasteiger partial charge is 0.249 e. The summed E-state index contributed by atoms with van der Waals surface area (Å²) in [5.74, 6) is -1.89. The molecule has 3 amide bonds. The Hall–Kier alpha value is -2.97. The van der Waals surface area contributed by atoms with Gasteiger partial charge in [-0.2, -0.15) is 0 Å². The molecule has 1 unspecified atom stereocenters. The fourth-order valence-corrected chi connectivity index (χ4v) is 7.23. The number of unbranched alkanes of at least 4 members (excludes halogenated alkanes) is 3. The Morgan fingerprint density at radius 3 is 2.35 bits per heavy atom. The molecule has 1 aromatic carbocycles. The van der Waals surface area contributed by atoms with Gasteiger partial charge in [0, 0.05) is 38.8 Å². The van der Waals surface area contributed by atoms with Crippen LogP contribution in [-0.2, 0) is 25.7 Å². The maximum atomic E-state index is 14.4. The van der Waals surface area contributed by atoms with Crippen LogP contribution < -0.4 is 0 Å². The fraction of sp³-hybridized carbons (Fsp3) is 0.594. The van der Waals surface area contributed by atoms with E-state index in [1.165, 1.54) is 0 Å². The van der Waals surface area contributed by atoms with Gasteiger partial charge in [0.1, 0.15) is 11.6 Å². The summed E-state index contributed by atoms with van der Waals surface area (Å²) in [4.78, 5) is 48.4. The molecular weight excluding hydrogens is 506 g/mol. The molecule has 0 aromatic heterocycles. The molecule has 1 aromatic rings. The predicted octanol–water partition coefficient (Wildman–Crippen LogP) is 3.31. The van der Waals surface area contributed by atoms with Crippen LogP contribution in [0, 0.1) is 11.8 Å². The Labute approximate surface area is 237 Å². The van der Waals surface area contributed by atoms with Gasteiger partial charge >= 0.3 is 0 Å². The number of likely N-dealkylation sites (tertiary alicyclic amines) is 1. The zero-order valence-corrected chi connectivity index (χ0v) is 24.0. The van der Waals surface area contributed by atoms with Crippen LogP contribution in [0.3, 0.4) is 0 Å². The van der Waals surface area contributed by atoms with E-state index in [1.54, 1.807) is 9.80 Å². The van der Waals surface area contributed by atoms with Crippen molar-refractivity contribution in [1.82, 2.24) is 14.7 Å². The van der Waals surface area contributed by atoms with Gasteiger partial charge < -0.3 is 24.5 Å². The van der Waals surface area contributed by atoms with Crippen LogP contribution >= 0.6 is 0 Å². The predicted molar refractivity (Wildman–Crippen MR) is 152 cm³/mol. The maximum absolute atomic E-state index is 14.4. The number of benzene rings is 1. The summed E-state index contributed by atoms with van der Waals surface area (Å²) in [6.45, 7) is 7.86. The van der Waals surface area contributed by atoms with Crippen LogP contribution in [0.4, 0.5) is 0 Å². The largest absolute Gasteiger partial charge is 0.396 e. The molecule has 0 bridgehead atoms. The lowest BCUT2D eigenvalue weighted by molar-refractivity contribution is -0.155. The Morgan fingerprint density at radius 2 is 1.65 bits per heavy atom. The van der Waals surface area contributed by atoms with Crippen molar-refractivity contribution in [2.45, 2.75) is 82.7 Å². The molecule has 0 saturated carbocycles. The lowest BCUT2D eigenvalue weighted by Gasteiger charge is -2.39. The molecule has 0 radical (unpaired) electrons. The summed E-state index contributed by atoms with van der Waals surface area (Å²) < 4.78 is 7.03. The van der Waals surface area contributed by atoms with E-state index < -0.39 is 29.1 Å². The highest BCUT2D eigenvalue weighted by Gasteiger charge is 2.75. The molecule has 5 rings (SSSR count). The van der Waals surface area contributed by atoms with Crippen molar-refractivity contribution < 1.29 is 24.2 Å². The van der Waals surface area contributed by atoms with Crippen molar-refractivity contribution in [3.05, 3.63) is 60.2 Å². The first-order valence-corrected chi connectivity index (χ1v) is 14.9. The summed E-state index contributed by atoms with van der Waals surface area (Å²) in [6.07, 6.45) is 11.5. The highest BCUT2D eigenvalue weighted by molar-refractivity contribution is 6.00. The minimum atomic E-state index is -1.21. The topological polar surface area (TPSA) is 90.4 Å². The number of fused-ring (bicyclic) bond motifs is 2. The molecule has 4 aliphatic rings. The first-order valence-electron chi connectivity index (χ1n) is 14.9. The Morgan fingerprint density at radius 1 is 0.925 bits per heavy atom. The zero-order valence-electron chi connectivity index (χ0n) is 24.0. The zero-order chi connectivity index (χ0) is 28.5. The van der Waals surface area contributed by atoms with Gasteiger partial charge in [0.05, 0.1) is 17.4 Å². The van der Waals surface area contributed by atoms with Gasteiger partial charge in [0.25, 0.3) is 0 Å². The van der Waals surface area contributed by atoms with E-state index in [0.29, 0.717) is 32.6 Å². The molecule has 1 N–H and O–H groups in total. The summed E-state index contributed by atoms with van der Waals surface area (Å²) in [7, 11) is 0. The highest BCUT2D eigenvalue weighted by atomic mass is 16.5. The van der Waals surface area contributed by atoms with Gasteiger partial charge in [0.2, 0.25) is 17.7 Å². The van der Waals surface area contributed by atoms with E-state index in [-0.39, 0.29) is 30.4 Å². The number of carbonyl (C=O) groups is 3. The monoisotopic (exact) mass is 549 g/mol. The van der Waals surface area contributed by atoms with E-state index in [4.69, 9.17) is 9.84 Å². The highest BCUT2D eigenvalue weighted by Crippen LogP contribution is 2.58. The molecule has 1 spiro atoms. The van der Waals surface area contributed by atoms with Crippen molar-refractivity contribution in [3.63, 3.8) is 0 Å². The van der Waals surface area contributed by atoms with Crippen molar-refractivity contribution in [2.24, 2.45) is 11.8 Å². The van der Waals surface area contributed by atoms with Crippen molar-refractivity contribution in [1.29, 1.82) is 0 Å². The number of hydrogen-bond donors (Lipinski definition) is 1. The van der Waals surface area contributed by atoms with Crippen LogP contribution in [0.1, 0.15) is 58.4 Å². The molecule has 2 saturated heterocycles. The lowest BCUT2D eigenvalue weighted by atomic mass is 9.73. The number of amides is 3. The van der Waals surface area contributed by atoms with Crippen LogP contribution in [0.15, 0.2) is 54.6 Å². The second-order valence-electron chi connectivity index (χ2n) is 11.9. The minimum Gasteiger partial charge on any atom is -0.396 e. The Balaban J connectivity index is 1.55. The van der Waals surface area contributed by atoms with E-state index in [2.05, 4.69) is 0 Å². The van der Waals surface area contributed by atoms with Crippen molar-refractivity contribution in [2.75, 3.05) is 26.2 Å². The third kappa shape index (κ3) is 4.69. The fourth-order valence-electron chi connectivity index (χ4n) is 7.23. The van der Waals surface area contributed by atoms with Gasteiger partial charge in [-0.25, -0.2) is 0 Å². The second-order valence-corrected chi connectivity index (χ2v) is 11.9. The molecule has 40 heavy (non-hydrogen) atoms. The number of carbonyl (C=O) groups excluding carboxylic acids is 3. The molecule has 8 nitrogen and oxygen atoms in total. The molecule has 0 aliphatic carbocycles. The van der Waals surface area contributed by atoms with E-state index >= 15 is 0 Å². The van der Waals surface area contributed by atoms with Crippen LogP contribution in [-0.4, -0.2) is 87.1 Å². The first kappa shape index (κ1) is 28.6. The van der Waals surface area contributed by atoms with Crippen molar-refractivity contribution in [3.8, 4) is 0 Å². The minimum absolute atomic E-state index is 0.0391. The van der Waals surface area contributed by atoms with E-state index in [9.17, 15) is 14.4 Å². The standard InChI is InChI=1S/C32H43N3O5/c1-4-31-16-12-18-33(22-24-14-8-7-9-15-24)28(37)25(31)26-29(38)35(19-10-5-6-11-21-36)27-30(39)34(23(2)3)20-13-17-32(26,27)40-31/h7-9,12-17,23,25-27,36H,4-6,10-11,18-22H2,1-3H3/t25-,26+,27?,31+,32+/m1/s1. The van der Waals surface area contributed by atoms with Crippen molar-refractivity contribution >= 4 is 17.7 Å². The number of aliphatic hydroxyl groups excluding tert-OH is 1. The number of ether oxygens (including phenoxy) is 1. The Kier molecular flexibility index (Phi) is 8.20. The average molecular weight is 550 g/mol. The van der Waals surface area contributed by atoms with Crippen LogP contribution in [0.25, 0.3) is 0 Å². The third-order valence-electron chi connectivity index (χ3n) is 9.20. The molecular formula is C32H43N3O5. The summed E-state index contributed by atoms with van der Waals surface area (Å²) in [6, 6.07) is 9.03. The van der Waals surface area contributed by atoms with Crippen LogP contribution in [0.2, 0.25) is 0 Å². The quantitative estimate of drug-likeness (QED) is 0.357. The summed E-state index contributed by atoms with van der Waals surface area (Å²) >= 11 is 0. The molecule has 5 atom stereocenters. The maximum Gasteiger partial charge on any atom is 0.249 e. The average Bonchev–Trinajstić information content (AvgIpc) is 3.23.